The van der Waals surface area contributed by atoms with E-state index in [1.807, 2.05) is 0 Å². The molecule has 0 aliphatic carbocycles. The Bertz CT molecular complexity index is 1080. The van der Waals surface area contributed by atoms with Gasteiger partial charge in [0.05, 0.1) is 16.8 Å². The number of carbonyl (C=O) groups excluding carboxylic acids is 1. The Morgan fingerprint density at radius 1 is 1.21 bits per heavy atom. The second kappa shape index (κ2) is 7.64. The minimum Gasteiger partial charge on any atom is -0.326 e. The summed E-state index contributed by atoms with van der Waals surface area (Å²) in [6.07, 6.45) is 3.64. The molecule has 0 radical (unpaired) electrons. The van der Waals surface area contributed by atoms with Crippen molar-refractivity contribution < 1.29 is 21.6 Å². The molecule has 1 amide bonds. The van der Waals surface area contributed by atoms with Crippen LogP contribution in [0.2, 0.25) is 0 Å². The maximum absolute atomic E-state index is 13.0. The Labute approximate surface area is 164 Å². The molecule has 1 fully saturated rings. The number of nitrogens with zero attached hydrogens (tertiary/aromatic N) is 2. The monoisotopic (exact) mass is 426 g/mol. The van der Waals surface area contributed by atoms with Gasteiger partial charge in [-0.05, 0) is 37.1 Å². The molecule has 0 saturated carbocycles. The first-order valence-corrected chi connectivity index (χ1v) is 12.0. The number of H-pyrrole nitrogens is 1. The van der Waals surface area contributed by atoms with Crippen molar-refractivity contribution in [2.75, 3.05) is 24.7 Å². The van der Waals surface area contributed by atoms with Crippen LogP contribution in [0.1, 0.15) is 31.4 Å². The van der Waals surface area contributed by atoms with E-state index in [4.69, 9.17) is 0 Å². The standard InChI is InChI=1S/C17H22N4O5S2/c1-12(22)19-14-5-7-15(8-6-14)28(25,26)21-9-3-4-13(11-21)17-16(10-18-20-17)27(2,23)24/h5-8,10,13H,3-4,9,11H2,1-2H3,(H,18,20)(H,19,22)/t13-/m0/s1. The molecule has 28 heavy (non-hydrogen) atoms. The highest BCUT2D eigenvalue weighted by atomic mass is 32.2. The van der Waals surface area contributed by atoms with Gasteiger partial charge in [0, 0.05) is 37.9 Å². The van der Waals surface area contributed by atoms with E-state index in [1.165, 1.54) is 41.7 Å². The van der Waals surface area contributed by atoms with Crippen LogP contribution < -0.4 is 5.32 Å². The van der Waals surface area contributed by atoms with Gasteiger partial charge in [-0.3, -0.25) is 9.89 Å². The van der Waals surface area contributed by atoms with Crippen LogP contribution in [0.25, 0.3) is 0 Å². The lowest BCUT2D eigenvalue weighted by Crippen LogP contribution is -2.39. The maximum Gasteiger partial charge on any atom is 0.243 e. The Morgan fingerprint density at radius 2 is 1.89 bits per heavy atom. The molecule has 2 heterocycles. The Balaban J connectivity index is 1.84. The number of hydrogen-bond acceptors (Lipinski definition) is 6. The molecule has 1 aromatic heterocycles. The van der Waals surface area contributed by atoms with Crippen LogP contribution in [-0.4, -0.2) is 56.6 Å². The Morgan fingerprint density at radius 3 is 2.50 bits per heavy atom. The van der Waals surface area contributed by atoms with E-state index in [0.29, 0.717) is 30.8 Å². The van der Waals surface area contributed by atoms with Gasteiger partial charge in [-0.1, -0.05) is 0 Å². The number of rotatable bonds is 5. The third-order valence-electron chi connectivity index (χ3n) is 4.64. The van der Waals surface area contributed by atoms with Crippen molar-refractivity contribution in [1.82, 2.24) is 14.5 Å². The van der Waals surface area contributed by atoms with Crippen molar-refractivity contribution in [3.63, 3.8) is 0 Å². The first-order valence-electron chi connectivity index (χ1n) is 8.70. The van der Waals surface area contributed by atoms with Gasteiger partial charge in [0.2, 0.25) is 15.9 Å². The molecule has 0 spiro atoms. The second-order valence-corrected chi connectivity index (χ2v) is 10.7. The number of benzene rings is 1. The Kier molecular flexibility index (Phi) is 5.60. The quantitative estimate of drug-likeness (QED) is 0.742. The highest BCUT2D eigenvalue weighted by molar-refractivity contribution is 7.90. The lowest BCUT2D eigenvalue weighted by Gasteiger charge is -2.31. The van der Waals surface area contributed by atoms with Crippen LogP contribution in [0.3, 0.4) is 0 Å². The van der Waals surface area contributed by atoms with E-state index in [9.17, 15) is 21.6 Å². The van der Waals surface area contributed by atoms with Crippen molar-refractivity contribution in [2.24, 2.45) is 0 Å². The molecule has 1 aliphatic heterocycles. The van der Waals surface area contributed by atoms with E-state index < -0.39 is 19.9 Å². The molecule has 2 N–H and O–H groups in total. The second-order valence-electron chi connectivity index (χ2n) is 6.83. The number of hydrogen-bond donors (Lipinski definition) is 2. The zero-order chi connectivity index (χ0) is 20.5. The molecule has 152 valence electrons. The first-order chi connectivity index (χ1) is 13.1. The maximum atomic E-state index is 13.0. The lowest BCUT2D eigenvalue weighted by atomic mass is 9.96. The summed E-state index contributed by atoms with van der Waals surface area (Å²) in [5.74, 6) is -0.523. The van der Waals surface area contributed by atoms with E-state index in [1.54, 1.807) is 0 Å². The molecule has 1 saturated heterocycles. The fourth-order valence-electron chi connectivity index (χ4n) is 3.33. The van der Waals surface area contributed by atoms with Gasteiger partial charge in [-0.2, -0.15) is 9.40 Å². The fraction of sp³-hybridized carbons (Fsp3) is 0.412. The molecule has 1 atom stereocenters. The fourth-order valence-corrected chi connectivity index (χ4v) is 5.71. The smallest absolute Gasteiger partial charge is 0.243 e. The summed E-state index contributed by atoms with van der Waals surface area (Å²) >= 11 is 0. The molecule has 9 nitrogen and oxygen atoms in total. The SMILES string of the molecule is CC(=O)Nc1ccc(S(=O)(=O)N2CCC[C@H](c3[nH]ncc3S(C)(=O)=O)C2)cc1. The van der Waals surface area contributed by atoms with Crippen molar-refractivity contribution >= 4 is 31.5 Å². The minimum atomic E-state index is -3.74. The van der Waals surface area contributed by atoms with Gasteiger partial charge in [-0.15, -0.1) is 0 Å². The predicted octanol–water partition coefficient (Wildman–Crippen LogP) is 1.34. The minimum absolute atomic E-state index is 0.108. The molecule has 1 aromatic carbocycles. The zero-order valence-electron chi connectivity index (χ0n) is 15.5. The number of sulfone groups is 1. The van der Waals surface area contributed by atoms with Crippen LogP contribution in [0, 0.1) is 0 Å². The lowest BCUT2D eigenvalue weighted by molar-refractivity contribution is -0.114. The van der Waals surface area contributed by atoms with E-state index in [0.717, 1.165) is 6.26 Å². The molecule has 11 heteroatoms. The van der Waals surface area contributed by atoms with Crippen molar-refractivity contribution in [2.45, 2.75) is 35.5 Å². The van der Waals surface area contributed by atoms with Gasteiger partial charge < -0.3 is 5.32 Å². The largest absolute Gasteiger partial charge is 0.326 e. The van der Waals surface area contributed by atoms with Crippen LogP contribution >= 0.6 is 0 Å². The highest BCUT2D eigenvalue weighted by Gasteiger charge is 2.33. The van der Waals surface area contributed by atoms with Gasteiger partial charge in [-0.25, -0.2) is 16.8 Å². The number of sulfonamides is 1. The van der Waals surface area contributed by atoms with Crippen LogP contribution in [-0.2, 0) is 24.7 Å². The summed E-state index contributed by atoms with van der Waals surface area (Å²) in [6, 6.07) is 5.96. The van der Waals surface area contributed by atoms with Gasteiger partial charge >= 0.3 is 0 Å². The number of anilines is 1. The summed E-state index contributed by atoms with van der Waals surface area (Å²) in [5.41, 5.74) is 0.960. The number of carbonyl (C=O) groups is 1. The van der Waals surface area contributed by atoms with Crippen molar-refractivity contribution in [3.8, 4) is 0 Å². The van der Waals surface area contributed by atoms with Crippen molar-refractivity contribution in [1.29, 1.82) is 0 Å². The summed E-state index contributed by atoms with van der Waals surface area (Å²) in [7, 11) is -7.20. The van der Waals surface area contributed by atoms with E-state index >= 15 is 0 Å². The van der Waals surface area contributed by atoms with Gasteiger partial charge in [0.15, 0.2) is 9.84 Å². The summed E-state index contributed by atoms with van der Waals surface area (Å²) in [6.45, 7) is 1.90. The molecule has 0 bridgehead atoms. The normalized spacial score (nSPS) is 18.7. The van der Waals surface area contributed by atoms with Crippen LogP contribution in [0.4, 0.5) is 5.69 Å². The number of piperidine rings is 1. The third kappa shape index (κ3) is 4.26. The first kappa shape index (κ1) is 20.5. The van der Waals surface area contributed by atoms with Gasteiger partial charge in [0.25, 0.3) is 0 Å². The van der Waals surface area contributed by atoms with E-state index in [2.05, 4.69) is 15.5 Å². The average Bonchev–Trinajstić information content (AvgIpc) is 3.12. The van der Waals surface area contributed by atoms with Crippen LogP contribution in [0.15, 0.2) is 40.3 Å². The average molecular weight is 427 g/mol. The third-order valence-corrected chi connectivity index (χ3v) is 7.64. The molecule has 0 unspecified atom stereocenters. The molecular formula is C17H22N4O5S2. The molecule has 2 aromatic rings. The van der Waals surface area contributed by atoms with Crippen LogP contribution in [0.5, 0.6) is 0 Å². The number of nitrogens with one attached hydrogen (secondary N) is 2. The predicted molar refractivity (Wildman–Crippen MR) is 103 cm³/mol. The van der Waals surface area contributed by atoms with E-state index in [-0.39, 0.29) is 28.2 Å². The molecule has 3 rings (SSSR count). The highest BCUT2D eigenvalue weighted by Crippen LogP contribution is 2.32. The summed E-state index contributed by atoms with van der Waals surface area (Å²) in [5, 5.41) is 9.16. The summed E-state index contributed by atoms with van der Waals surface area (Å²) in [4.78, 5) is 11.3. The topological polar surface area (TPSA) is 129 Å². The van der Waals surface area contributed by atoms with Gasteiger partial charge in [0.1, 0.15) is 4.90 Å². The molecule has 1 aliphatic rings. The number of aromatic amines is 1. The number of aromatic nitrogens is 2. The summed E-state index contributed by atoms with van der Waals surface area (Å²) < 4.78 is 51.3. The number of amides is 1. The zero-order valence-corrected chi connectivity index (χ0v) is 17.2. The Hall–Kier alpha value is -2.24. The van der Waals surface area contributed by atoms with Crippen molar-refractivity contribution in [3.05, 3.63) is 36.2 Å². The molecular weight excluding hydrogens is 404 g/mol.